The first kappa shape index (κ1) is 12.9. The van der Waals surface area contributed by atoms with Crippen LogP contribution >= 0.6 is 11.6 Å². The normalized spacial score (nSPS) is 15.8. The Bertz CT molecular complexity index is 515. The molecule has 1 aromatic carbocycles. The number of para-hydroxylation sites is 2. The number of hydrogen-bond acceptors (Lipinski definition) is 2. The van der Waals surface area contributed by atoms with Gasteiger partial charge in [-0.1, -0.05) is 29.8 Å². The van der Waals surface area contributed by atoms with E-state index in [-0.39, 0.29) is 0 Å². The summed E-state index contributed by atoms with van der Waals surface area (Å²) < 4.78 is 0. The molecule has 0 unspecified atom stereocenters. The van der Waals surface area contributed by atoms with Crippen molar-refractivity contribution in [3.8, 4) is 0 Å². The molecule has 0 bridgehead atoms. The van der Waals surface area contributed by atoms with Crippen LogP contribution in [0.2, 0.25) is 0 Å². The number of nitrogens with zero attached hydrogens (tertiary/aromatic N) is 2. The molecule has 94 valence electrons. The molecule has 1 aliphatic heterocycles. The fourth-order valence-corrected chi connectivity index (χ4v) is 2.16. The third-order valence-electron chi connectivity index (χ3n) is 2.90. The van der Waals surface area contributed by atoms with Gasteiger partial charge in [0.25, 0.3) is 0 Å². The summed E-state index contributed by atoms with van der Waals surface area (Å²) in [4.78, 5) is 6.68. The Hall–Kier alpha value is -1.54. The molecule has 0 fully saturated rings. The summed E-state index contributed by atoms with van der Waals surface area (Å²) in [5.41, 5.74) is 3.36. The summed E-state index contributed by atoms with van der Waals surface area (Å²) in [6.07, 6.45) is 5.83. The highest BCUT2D eigenvalue weighted by Gasteiger charge is 2.14. The monoisotopic (exact) mass is 260 g/mol. The lowest BCUT2D eigenvalue weighted by Crippen LogP contribution is -2.29. The van der Waals surface area contributed by atoms with Crippen molar-refractivity contribution in [1.82, 2.24) is 0 Å². The maximum atomic E-state index is 6.21. The largest absolute Gasteiger partial charge is 0.360 e. The first-order valence-corrected chi connectivity index (χ1v) is 6.44. The number of hydrogen-bond donors (Lipinski definition) is 0. The van der Waals surface area contributed by atoms with Gasteiger partial charge in [-0.05, 0) is 37.6 Å². The molecule has 1 aliphatic rings. The van der Waals surface area contributed by atoms with Crippen molar-refractivity contribution in [2.45, 2.75) is 13.8 Å². The minimum Gasteiger partial charge on any atom is -0.360 e. The Morgan fingerprint density at radius 3 is 3.00 bits per heavy atom. The summed E-state index contributed by atoms with van der Waals surface area (Å²) in [5.74, 6) is 0. The molecule has 1 heterocycles. The summed E-state index contributed by atoms with van der Waals surface area (Å²) in [6.45, 7) is 5.69. The van der Waals surface area contributed by atoms with Gasteiger partial charge in [0.1, 0.15) is 0 Å². The number of benzene rings is 1. The number of fused-ring (bicyclic) bond motifs is 1. The van der Waals surface area contributed by atoms with Crippen LogP contribution in [0.3, 0.4) is 0 Å². The molecular formula is C15H17ClN2. The topological polar surface area (TPSA) is 15.6 Å². The number of rotatable bonds is 3. The molecule has 0 aromatic heterocycles. The Morgan fingerprint density at radius 2 is 2.22 bits per heavy atom. The van der Waals surface area contributed by atoms with E-state index in [4.69, 9.17) is 11.6 Å². The number of aliphatic imine (C=N–C) groups is 1. The van der Waals surface area contributed by atoms with Crippen LogP contribution < -0.4 is 4.90 Å². The zero-order chi connectivity index (χ0) is 13.0. The Morgan fingerprint density at radius 1 is 1.44 bits per heavy atom. The van der Waals surface area contributed by atoms with Crippen LogP contribution in [-0.4, -0.2) is 19.3 Å². The third-order valence-corrected chi connectivity index (χ3v) is 3.35. The van der Waals surface area contributed by atoms with Gasteiger partial charge in [-0.3, -0.25) is 4.99 Å². The van der Waals surface area contributed by atoms with E-state index in [1.54, 1.807) is 0 Å². The average molecular weight is 261 g/mol. The fourth-order valence-electron chi connectivity index (χ4n) is 1.98. The quantitative estimate of drug-likeness (QED) is 0.740. The smallest absolute Gasteiger partial charge is 0.0860 e. The first-order valence-electron chi connectivity index (χ1n) is 6.07. The minimum absolute atomic E-state index is 0.817. The van der Waals surface area contributed by atoms with Crippen molar-refractivity contribution in [3.05, 3.63) is 47.0 Å². The number of halogens is 1. The molecular weight excluding hydrogens is 244 g/mol. The van der Waals surface area contributed by atoms with Gasteiger partial charge >= 0.3 is 0 Å². The maximum Gasteiger partial charge on any atom is 0.0860 e. The molecule has 0 spiro atoms. The SMILES string of the molecule is C/C=C\C(Cl)=C(\C)CN1CC=Nc2ccccc21. The van der Waals surface area contributed by atoms with E-state index >= 15 is 0 Å². The zero-order valence-corrected chi connectivity index (χ0v) is 11.5. The van der Waals surface area contributed by atoms with E-state index in [2.05, 4.69) is 22.9 Å². The number of allylic oxidation sites excluding steroid dienone is 3. The second-order valence-electron chi connectivity index (χ2n) is 4.31. The molecule has 2 nitrogen and oxygen atoms in total. The van der Waals surface area contributed by atoms with Crippen LogP contribution in [0.1, 0.15) is 13.8 Å². The molecule has 3 heteroatoms. The highest BCUT2D eigenvalue weighted by Crippen LogP contribution is 2.31. The average Bonchev–Trinajstić information content (AvgIpc) is 2.39. The Balaban J connectivity index is 2.22. The molecule has 1 aromatic rings. The van der Waals surface area contributed by atoms with Crippen molar-refractivity contribution in [1.29, 1.82) is 0 Å². The van der Waals surface area contributed by atoms with E-state index < -0.39 is 0 Å². The second kappa shape index (κ2) is 5.87. The molecule has 0 saturated heterocycles. The van der Waals surface area contributed by atoms with E-state index in [0.29, 0.717) is 0 Å². The Labute approximate surface area is 113 Å². The van der Waals surface area contributed by atoms with Gasteiger partial charge in [-0.15, -0.1) is 0 Å². The van der Waals surface area contributed by atoms with Gasteiger partial charge in [-0.25, -0.2) is 0 Å². The van der Waals surface area contributed by atoms with Crippen molar-refractivity contribution in [2.24, 2.45) is 4.99 Å². The van der Waals surface area contributed by atoms with Gasteiger partial charge in [0.15, 0.2) is 0 Å². The summed E-state index contributed by atoms with van der Waals surface area (Å²) in [6, 6.07) is 8.18. The molecule has 2 rings (SSSR count). The summed E-state index contributed by atoms with van der Waals surface area (Å²) in [5, 5.41) is 0.817. The molecule has 18 heavy (non-hydrogen) atoms. The van der Waals surface area contributed by atoms with Crippen molar-refractivity contribution >= 4 is 29.2 Å². The predicted octanol–water partition coefficient (Wildman–Crippen LogP) is 4.30. The van der Waals surface area contributed by atoms with Gasteiger partial charge in [0, 0.05) is 17.8 Å². The van der Waals surface area contributed by atoms with Crippen LogP contribution in [0.4, 0.5) is 11.4 Å². The molecule has 0 aliphatic carbocycles. The van der Waals surface area contributed by atoms with Crippen LogP contribution in [0.5, 0.6) is 0 Å². The molecule has 0 radical (unpaired) electrons. The highest BCUT2D eigenvalue weighted by atomic mass is 35.5. The van der Waals surface area contributed by atoms with Crippen molar-refractivity contribution in [2.75, 3.05) is 18.0 Å². The van der Waals surface area contributed by atoms with Gasteiger partial charge in [0.2, 0.25) is 0 Å². The van der Waals surface area contributed by atoms with E-state index in [0.717, 1.165) is 23.8 Å². The van der Waals surface area contributed by atoms with E-state index in [1.807, 2.05) is 43.5 Å². The minimum atomic E-state index is 0.817. The number of anilines is 1. The summed E-state index contributed by atoms with van der Waals surface area (Å²) in [7, 11) is 0. The zero-order valence-electron chi connectivity index (χ0n) is 10.7. The first-order chi connectivity index (χ1) is 8.72. The van der Waals surface area contributed by atoms with Gasteiger partial charge < -0.3 is 4.90 Å². The van der Waals surface area contributed by atoms with Crippen LogP contribution in [-0.2, 0) is 0 Å². The molecule has 0 N–H and O–H groups in total. The lowest BCUT2D eigenvalue weighted by molar-refractivity contribution is 0.932. The molecule has 0 amide bonds. The Kier molecular flexibility index (Phi) is 4.21. The predicted molar refractivity (Wildman–Crippen MR) is 80.2 cm³/mol. The van der Waals surface area contributed by atoms with E-state index in [9.17, 15) is 0 Å². The highest BCUT2D eigenvalue weighted by molar-refractivity contribution is 6.31. The standard InChI is InChI=1S/C15H17ClN2/c1-3-6-13(16)12(2)11-18-10-9-17-14-7-4-5-8-15(14)18/h3-9H,10-11H2,1-2H3/b6-3-,13-12+. The van der Waals surface area contributed by atoms with Crippen molar-refractivity contribution in [3.63, 3.8) is 0 Å². The second-order valence-corrected chi connectivity index (χ2v) is 4.72. The lowest BCUT2D eigenvalue weighted by atomic mass is 10.2. The fraction of sp³-hybridized carbons (Fsp3) is 0.267. The van der Waals surface area contributed by atoms with Crippen molar-refractivity contribution < 1.29 is 0 Å². The lowest BCUT2D eigenvalue weighted by Gasteiger charge is -2.27. The van der Waals surface area contributed by atoms with Crippen LogP contribution in [0.25, 0.3) is 0 Å². The third kappa shape index (κ3) is 2.82. The van der Waals surface area contributed by atoms with Gasteiger partial charge in [0.05, 0.1) is 17.9 Å². The molecule has 0 atom stereocenters. The van der Waals surface area contributed by atoms with Crippen LogP contribution in [0.15, 0.2) is 52.0 Å². The molecule has 0 saturated carbocycles. The van der Waals surface area contributed by atoms with Gasteiger partial charge in [-0.2, -0.15) is 0 Å². The van der Waals surface area contributed by atoms with Crippen LogP contribution in [0, 0.1) is 0 Å². The van der Waals surface area contributed by atoms with E-state index in [1.165, 1.54) is 11.3 Å². The maximum absolute atomic E-state index is 6.21. The summed E-state index contributed by atoms with van der Waals surface area (Å²) >= 11 is 6.21.